The first kappa shape index (κ1) is 19.9. The Morgan fingerprint density at radius 2 is 1.86 bits per heavy atom. The second-order valence-corrected chi connectivity index (χ2v) is 10.6. The van der Waals surface area contributed by atoms with E-state index in [0.717, 1.165) is 10.4 Å². The molecule has 0 saturated carbocycles. The third-order valence-electron chi connectivity index (χ3n) is 5.32. The highest BCUT2D eigenvalue weighted by molar-refractivity contribution is 7.91. The molecule has 2 aromatic heterocycles. The number of nitrogens with zero attached hydrogens (tertiary/aromatic N) is 3. The molecule has 10 heteroatoms. The first-order valence-electron chi connectivity index (χ1n) is 9.25. The van der Waals surface area contributed by atoms with Gasteiger partial charge in [0.15, 0.2) is 0 Å². The first-order valence-corrected chi connectivity index (χ1v) is 11.5. The van der Waals surface area contributed by atoms with Crippen molar-refractivity contribution < 1.29 is 13.2 Å². The number of carbonyl (C=O) groups is 1. The predicted molar refractivity (Wildman–Crippen MR) is 113 cm³/mol. The van der Waals surface area contributed by atoms with Crippen molar-refractivity contribution in [2.45, 2.75) is 30.0 Å². The maximum absolute atomic E-state index is 13.0. The topological polar surface area (TPSA) is 93.4 Å². The normalized spacial score (nSPS) is 17.8. The Bertz CT molecular complexity index is 1270. The summed E-state index contributed by atoms with van der Waals surface area (Å²) >= 11 is 1.21. The van der Waals surface area contributed by atoms with E-state index in [1.54, 1.807) is 44.4 Å². The van der Waals surface area contributed by atoms with Crippen molar-refractivity contribution in [2.75, 3.05) is 11.9 Å². The number of aryl methyl sites for hydroxylation is 3. The maximum atomic E-state index is 13.0. The molecule has 0 radical (unpaired) electrons. The fourth-order valence-corrected chi connectivity index (χ4v) is 6.84. The van der Waals surface area contributed by atoms with Crippen molar-refractivity contribution in [1.29, 1.82) is 0 Å². The van der Waals surface area contributed by atoms with Crippen LogP contribution in [0.1, 0.15) is 17.7 Å². The SMILES string of the molecule is Cc1ccc(S(=O)(=O)N2CCCC2C(=O)Nc2ccc3c(c2)n(C)c(=O)n3C)s1. The number of sulfonamides is 1. The highest BCUT2D eigenvalue weighted by Gasteiger charge is 2.40. The molecule has 0 bridgehead atoms. The number of nitrogens with one attached hydrogen (secondary N) is 1. The van der Waals surface area contributed by atoms with Crippen molar-refractivity contribution in [3.63, 3.8) is 0 Å². The van der Waals surface area contributed by atoms with Crippen LogP contribution in [0.2, 0.25) is 0 Å². The highest BCUT2D eigenvalue weighted by atomic mass is 32.2. The van der Waals surface area contributed by atoms with Crippen molar-refractivity contribution in [2.24, 2.45) is 14.1 Å². The van der Waals surface area contributed by atoms with Crippen LogP contribution < -0.4 is 11.0 Å². The zero-order chi connectivity index (χ0) is 20.9. The molecule has 1 aliphatic heterocycles. The number of fused-ring (bicyclic) bond motifs is 1. The quantitative estimate of drug-likeness (QED) is 0.680. The summed E-state index contributed by atoms with van der Waals surface area (Å²) in [7, 11) is -0.344. The second kappa shape index (κ2) is 7.12. The Kier molecular flexibility index (Phi) is 4.88. The van der Waals surface area contributed by atoms with Crippen molar-refractivity contribution >= 4 is 44.0 Å². The fraction of sp³-hybridized carbons (Fsp3) is 0.368. The van der Waals surface area contributed by atoms with Gasteiger partial charge in [0.1, 0.15) is 10.3 Å². The van der Waals surface area contributed by atoms with Crippen LogP contribution in [0.3, 0.4) is 0 Å². The van der Waals surface area contributed by atoms with Gasteiger partial charge in [0.2, 0.25) is 5.91 Å². The molecule has 1 atom stereocenters. The molecule has 8 nitrogen and oxygen atoms in total. The zero-order valence-corrected chi connectivity index (χ0v) is 18.0. The summed E-state index contributed by atoms with van der Waals surface area (Å²) in [5, 5.41) is 2.82. The molecule has 154 valence electrons. The fourth-order valence-electron chi connectivity index (χ4n) is 3.77. The Hall–Kier alpha value is -2.43. The van der Waals surface area contributed by atoms with Gasteiger partial charge in [-0.3, -0.25) is 13.9 Å². The lowest BCUT2D eigenvalue weighted by Gasteiger charge is -2.22. The van der Waals surface area contributed by atoms with Crippen LogP contribution in [0.5, 0.6) is 0 Å². The molecule has 3 aromatic rings. The number of benzene rings is 1. The summed E-state index contributed by atoms with van der Waals surface area (Å²) in [5.74, 6) is -0.361. The number of imidazole rings is 1. The molecule has 3 heterocycles. The number of carbonyl (C=O) groups excluding carboxylic acids is 1. The molecule has 1 unspecified atom stereocenters. The molecule has 0 spiro atoms. The summed E-state index contributed by atoms with van der Waals surface area (Å²) < 4.78 is 30.6. The van der Waals surface area contributed by atoms with Crippen LogP contribution in [0.4, 0.5) is 5.69 Å². The van der Waals surface area contributed by atoms with Crippen LogP contribution in [-0.4, -0.2) is 40.4 Å². The lowest BCUT2D eigenvalue weighted by atomic mass is 10.2. The minimum atomic E-state index is -3.71. The number of anilines is 1. The number of hydrogen-bond acceptors (Lipinski definition) is 5. The minimum Gasteiger partial charge on any atom is -0.325 e. The summed E-state index contributed by atoms with van der Waals surface area (Å²) in [6, 6.07) is 7.82. The summed E-state index contributed by atoms with van der Waals surface area (Å²) in [4.78, 5) is 25.9. The van der Waals surface area contributed by atoms with E-state index >= 15 is 0 Å². The van der Waals surface area contributed by atoms with Gasteiger partial charge in [0.25, 0.3) is 10.0 Å². The van der Waals surface area contributed by atoms with Gasteiger partial charge in [0, 0.05) is 31.2 Å². The summed E-state index contributed by atoms with van der Waals surface area (Å²) in [5.41, 5.74) is 1.83. The molecule has 1 saturated heterocycles. The molecular weight excluding hydrogens is 412 g/mol. The molecule has 1 N–H and O–H groups in total. The first-order chi connectivity index (χ1) is 13.7. The molecule has 4 rings (SSSR count). The van der Waals surface area contributed by atoms with Gasteiger partial charge in [-0.05, 0) is 50.1 Å². The summed E-state index contributed by atoms with van der Waals surface area (Å²) in [6.45, 7) is 2.18. The zero-order valence-electron chi connectivity index (χ0n) is 16.4. The van der Waals surface area contributed by atoms with Gasteiger partial charge in [-0.2, -0.15) is 4.31 Å². The molecule has 0 aliphatic carbocycles. The standard InChI is InChI=1S/C19H22N4O4S2/c1-12-6-9-17(28-12)29(26,27)23-10-4-5-15(23)18(24)20-13-7-8-14-16(11-13)22(3)19(25)21(14)2/h6-9,11,15H,4-5,10H2,1-3H3,(H,20,24). The average molecular weight is 435 g/mol. The smallest absolute Gasteiger partial charge is 0.325 e. The average Bonchev–Trinajstić information content (AvgIpc) is 3.39. The van der Waals surface area contributed by atoms with Gasteiger partial charge in [0.05, 0.1) is 11.0 Å². The van der Waals surface area contributed by atoms with E-state index in [1.807, 2.05) is 6.92 Å². The molecule has 1 aromatic carbocycles. The number of hydrogen-bond donors (Lipinski definition) is 1. The van der Waals surface area contributed by atoms with Crippen LogP contribution in [-0.2, 0) is 28.9 Å². The Morgan fingerprint density at radius 3 is 2.55 bits per heavy atom. The predicted octanol–water partition coefficient (Wildman–Crippen LogP) is 2.04. The van der Waals surface area contributed by atoms with E-state index in [4.69, 9.17) is 0 Å². The number of aromatic nitrogens is 2. The van der Waals surface area contributed by atoms with E-state index in [9.17, 15) is 18.0 Å². The Labute approximate surface area is 172 Å². The lowest BCUT2D eigenvalue weighted by molar-refractivity contribution is -0.119. The van der Waals surface area contributed by atoms with Crippen molar-refractivity contribution in [1.82, 2.24) is 13.4 Å². The molecule has 1 amide bonds. The van der Waals surface area contributed by atoms with Gasteiger partial charge >= 0.3 is 5.69 Å². The summed E-state index contributed by atoms with van der Waals surface area (Å²) in [6.07, 6.45) is 1.11. The Morgan fingerprint density at radius 1 is 1.14 bits per heavy atom. The monoisotopic (exact) mass is 434 g/mol. The van der Waals surface area contributed by atoms with Gasteiger partial charge in [-0.25, -0.2) is 13.2 Å². The minimum absolute atomic E-state index is 0.150. The van der Waals surface area contributed by atoms with E-state index in [0.29, 0.717) is 30.6 Å². The van der Waals surface area contributed by atoms with Gasteiger partial charge < -0.3 is 5.32 Å². The van der Waals surface area contributed by atoms with Crippen LogP contribution in [0.15, 0.2) is 39.3 Å². The molecule has 29 heavy (non-hydrogen) atoms. The van der Waals surface area contributed by atoms with Gasteiger partial charge in [-0.15, -0.1) is 11.3 Å². The molecular formula is C19H22N4O4S2. The van der Waals surface area contributed by atoms with E-state index in [1.165, 1.54) is 24.8 Å². The number of amides is 1. The second-order valence-electron chi connectivity index (χ2n) is 7.23. The van der Waals surface area contributed by atoms with Crippen LogP contribution in [0, 0.1) is 6.92 Å². The molecule has 1 aliphatic rings. The van der Waals surface area contributed by atoms with E-state index < -0.39 is 16.1 Å². The van der Waals surface area contributed by atoms with E-state index in [-0.39, 0.29) is 15.8 Å². The lowest BCUT2D eigenvalue weighted by Crippen LogP contribution is -2.42. The Balaban J connectivity index is 1.60. The third kappa shape index (κ3) is 3.30. The van der Waals surface area contributed by atoms with Gasteiger partial charge in [-0.1, -0.05) is 0 Å². The molecule has 1 fully saturated rings. The van der Waals surface area contributed by atoms with Crippen molar-refractivity contribution in [3.05, 3.63) is 45.7 Å². The largest absolute Gasteiger partial charge is 0.328 e. The third-order valence-corrected chi connectivity index (χ3v) is 8.70. The number of rotatable bonds is 4. The number of thiophene rings is 1. The highest BCUT2D eigenvalue weighted by Crippen LogP contribution is 2.30. The van der Waals surface area contributed by atoms with Crippen LogP contribution >= 0.6 is 11.3 Å². The van der Waals surface area contributed by atoms with Crippen LogP contribution in [0.25, 0.3) is 11.0 Å². The maximum Gasteiger partial charge on any atom is 0.328 e. The van der Waals surface area contributed by atoms with Crippen molar-refractivity contribution in [3.8, 4) is 0 Å². The van der Waals surface area contributed by atoms with E-state index in [2.05, 4.69) is 5.32 Å².